The molecule has 3 heterocycles. The van der Waals surface area contributed by atoms with Crippen LogP contribution in [0.3, 0.4) is 0 Å². The molecule has 1 saturated heterocycles. The van der Waals surface area contributed by atoms with Crippen molar-refractivity contribution in [1.29, 1.82) is 0 Å². The number of thiazole rings is 1. The molecule has 3 N–H and O–H groups in total. The van der Waals surface area contributed by atoms with E-state index >= 15 is 0 Å². The van der Waals surface area contributed by atoms with Gasteiger partial charge in [0.25, 0.3) is 5.91 Å². The molecule has 0 radical (unpaired) electrons. The number of hydrogen-bond donors (Lipinski definition) is 3. The van der Waals surface area contributed by atoms with Crippen molar-refractivity contribution in [3.8, 4) is 0 Å². The van der Waals surface area contributed by atoms with Crippen LogP contribution >= 0.6 is 22.9 Å². The van der Waals surface area contributed by atoms with Crippen LogP contribution in [0, 0.1) is 6.92 Å². The van der Waals surface area contributed by atoms with E-state index in [1.807, 2.05) is 19.1 Å². The number of aromatic nitrogens is 3. The van der Waals surface area contributed by atoms with Gasteiger partial charge in [-0.2, -0.15) is 0 Å². The number of amides is 1. The third-order valence-corrected chi connectivity index (χ3v) is 6.12. The number of nitrogens with one attached hydrogen (secondary N) is 3. The number of ether oxygens (including phenoxy) is 1. The molecule has 4 rings (SSSR count). The normalized spacial score (nSPS) is 14.2. The molecule has 1 aliphatic rings. The molecule has 1 amide bonds. The molecule has 0 bridgehead atoms. The van der Waals surface area contributed by atoms with Crippen LogP contribution in [-0.4, -0.2) is 65.2 Å². The topological polar surface area (TPSA) is 104 Å². The lowest BCUT2D eigenvalue weighted by Gasteiger charge is -2.26. The first-order chi connectivity index (χ1) is 15.6. The molecule has 11 heteroatoms. The summed E-state index contributed by atoms with van der Waals surface area (Å²) in [6.45, 7) is 7.04. The molecule has 0 unspecified atom stereocenters. The van der Waals surface area contributed by atoms with Gasteiger partial charge >= 0.3 is 0 Å². The minimum Gasteiger partial charge on any atom is -0.379 e. The molecule has 1 aliphatic heterocycles. The molecule has 3 aromatic rings. The first-order valence-corrected chi connectivity index (χ1v) is 11.4. The molecule has 0 atom stereocenters. The van der Waals surface area contributed by atoms with Crippen molar-refractivity contribution < 1.29 is 9.53 Å². The fourth-order valence-electron chi connectivity index (χ4n) is 3.19. The number of aryl methyl sites for hydroxylation is 1. The molecule has 0 spiro atoms. The molecule has 168 valence electrons. The zero-order valence-electron chi connectivity index (χ0n) is 17.6. The highest BCUT2D eigenvalue weighted by molar-refractivity contribution is 7.17. The van der Waals surface area contributed by atoms with E-state index in [1.165, 1.54) is 17.5 Å². The maximum Gasteiger partial charge on any atom is 0.267 e. The number of benzene rings is 1. The van der Waals surface area contributed by atoms with Crippen LogP contribution in [0.1, 0.15) is 15.2 Å². The van der Waals surface area contributed by atoms with Crippen LogP contribution in [0.25, 0.3) is 0 Å². The van der Waals surface area contributed by atoms with Crippen molar-refractivity contribution in [3.05, 3.63) is 52.3 Å². The van der Waals surface area contributed by atoms with Crippen LogP contribution < -0.4 is 16.0 Å². The molecular formula is C21H24ClN7O2S. The van der Waals surface area contributed by atoms with Gasteiger partial charge in [0.15, 0.2) is 10.9 Å². The average molecular weight is 474 g/mol. The van der Waals surface area contributed by atoms with Gasteiger partial charge in [0.2, 0.25) is 0 Å². The second-order valence-corrected chi connectivity index (χ2v) is 8.65. The van der Waals surface area contributed by atoms with Gasteiger partial charge in [-0.3, -0.25) is 14.7 Å². The van der Waals surface area contributed by atoms with Gasteiger partial charge in [-0.05, 0) is 18.6 Å². The van der Waals surface area contributed by atoms with Gasteiger partial charge in [0, 0.05) is 26.2 Å². The quantitative estimate of drug-likeness (QED) is 0.455. The Kier molecular flexibility index (Phi) is 7.48. The minimum atomic E-state index is -0.267. The second kappa shape index (κ2) is 10.7. The van der Waals surface area contributed by atoms with Gasteiger partial charge in [0.05, 0.1) is 42.5 Å². The third-order valence-electron chi connectivity index (χ3n) is 4.90. The maximum atomic E-state index is 12.6. The summed E-state index contributed by atoms with van der Waals surface area (Å²) in [6.07, 6.45) is 4.81. The Balaban J connectivity index is 1.33. The first kappa shape index (κ1) is 22.4. The number of rotatable bonds is 8. The summed E-state index contributed by atoms with van der Waals surface area (Å²) in [5, 5.41) is 10.3. The van der Waals surface area contributed by atoms with Crippen molar-refractivity contribution in [1.82, 2.24) is 19.9 Å². The van der Waals surface area contributed by atoms with E-state index in [0.717, 1.165) is 45.0 Å². The Morgan fingerprint density at radius 1 is 1.22 bits per heavy atom. The monoisotopic (exact) mass is 473 g/mol. The Hall–Kier alpha value is -2.79. The van der Waals surface area contributed by atoms with Gasteiger partial charge < -0.3 is 20.7 Å². The highest BCUT2D eigenvalue weighted by Gasteiger charge is 2.14. The summed E-state index contributed by atoms with van der Waals surface area (Å²) in [5.74, 6) is 0.952. The average Bonchev–Trinajstić information content (AvgIpc) is 3.26. The highest BCUT2D eigenvalue weighted by atomic mass is 35.5. The lowest BCUT2D eigenvalue weighted by Crippen LogP contribution is -2.39. The number of halogens is 1. The van der Waals surface area contributed by atoms with Crippen LogP contribution in [0.5, 0.6) is 0 Å². The smallest absolute Gasteiger partial charge is 0.267 e. The van der Waals surface area contributed by atoms with Gasteiger partial charge in [-0.15, -0.1) is 0 Å². The van der Waals surface area contributed by atoms with Gasteiger partial charge in [-0.25, -0.2) is 9.97 Å². The van der Waals surface area contributed by atoms with Gasteiger partial charge in [-0.1, -0.05) is 35.1 Å². The number of hydrogen-bond acceptors (Lipinski definition) is 9. The van der Waals surface area contributed by atoms with Crippen LogP contribution in [0.4, 0.5) is 22.5 Å². The van der Waals surface area contributed by atoms with Crippen LogP contribution in [0.15, 0.2) is 36.8 Å². The molecule has 0 aliphatic carbocycles. The Morgan fingerprint density at radius 3 is 2.84 bits per heavy atom. The third kappa shape index (κ3) is 5.92. The second-order valence-electron chi connectivity index (χ2n) is 7.21. The molecule has 9 nitrogen and oxygen atoms in total. The van der Waals surface area contributed by atoms with E-state index in [1.54, 1.807) is 18.5 Å². The Bertz CT molecular complexity index is 1050. The summed E-state index contributed by atoms with van der Waals surface area (Å²) in [6, 6.07) is 5.47. The van der Waals surface area contributed by atoms with Gasteiger partial charge in [0.1, 0.15) is 10.7 Å². The first-order valence-electron chi connectivity index (χ1n) is 10.2. The van der Waals surface area contributed by atoms with E-state index in [0.29, 0.717) is 32.4 Å². The standard InChI is InChI=1S/C21H24ClN7O2S/c1-14-3-2-4-15(22)19(14)28-20(30)16-11-25-21(32-16)27-18-13-23-12-17(26-18)24-5-6-29-7-9-31-10-8-29/h2-4,11-13H,5-10H2,1H3,(H,28,30)(H2,24,25,26,27). The summed E-state index contributed by atoms with van der Waals surface area (Å²) in [7, 11) is 0. The Morgan fingerprint density at radius 2 is 2.03 bits per heavy atom. The van der Waals surface area contributed by atoms with Crippen molar-refractivity contribution in [2.45, 2.75) is 6.92 Å². The highest BCUT2D eigenvalue weighted by Crippen LogP contribution is 2.27. The summed E-state index contributed by atoms with van der Waals surface area (Å²) >= 11 is 7.43. The van der Waals surface area contributed by atoms with E-state index < -0.39 is 0 Å². The van der Waals surface area contributed by atoms with Crippen LogP contribution in [0.2, 0.25) is 5.02 Å². The van der Waals surface area contributed by atoms with Crippen molar-refractivity contribution >= 4 is 51.3 Å². The summed E-state index contributed by atoms with van der Waals surface area (Å²) < 4.78 is 5.36. The predicted octanol–water partition coefficient (Wildman–Crippen LogP) is 3.63. The molecule has 0 saturated carbocycles. The van der Waals surface area contributed by atoms with Crippen molar-refractivity contribution in [2.75, 3.05) is 55.3 Å². The lowest BCUT2D eigenvalue weighted by atomic mass is 10.2. The Labute approximate surface area is 195 Å². The van der Waals surface area contributed by atoms with Crippen molar-refractivity contribution in [2.24, 2.45) is 0 Å². The SMILES string of the molecule is Cc1cccc(Cl)c1NC(=O)c1cnc(Nc2cncc(NCCN3CCOCC3)n2)s1. The van der Waals surface area contributed by atoms with Crippen LogP contribution in [-0.2, 0) is 4.74 Å². The van der Waals surface area contributed by atoms with E-state index in [9.17, 15) is 4.79 Å². The number of carbonyl (C=O) groups excluding carboxylic acids is 1. The van der Waals surface area contributed by atoms with E-state index in [-0.39, 0.29) is 5.91 Å². The zero-order chi connectivity index (χ0) is 22.3. The fraction of sp³-hybridized carbons (Fsp3) is 0.333. The molecular weight excluding hydrogens is 450 g/mol. The minimum absolute atomic E-state index is 0.267. The molecule has 1 fully saturated rings. The predicted molar refractivity (Wildman–Crippen MR) is 127 cm³/mol. The van der Waals surface area contributed by atoms with E-state index in [4.69, 9.17) is 16.3 Å². The molecule has 32 heavy (non-hydrogen) atoms. The number of morpholine rings is 1. The number of carbonyl (C=O) groups is 1. The summed E-state index contributed by atoms with van der Waals surface area (Å²) in [4.78, 5) is 28.4. The lowest BCUT2D eigenvalue weighted by molar-refractivity contribution is 0.0398. The largest absolute Gasteiger partial charge is 0.379 e. The number of anilines is 4. The molecule has 2 aromatic heterocycles. The maximum absolute atomic E-state index is 12.6. The molecule has 1 aromatic carbocycles. The number of nitrogens with zero attached hydrogens (tertiary/aromatic N) is 4. The van der Waals surface area contributed by atoms with E-state index in [2.05, 4.69) is 35.8 Å². The summed E-state index contributed by atoms with van der Waals surface area (Å²) in [5.41, 5.74) is 1.49. The number of para-hydroxylation sites is 1. The fourth-order valence-corrected chi connectivity index (χ4v) is 4.18. The van der Waals surface area contributed by atoms with Crippen molar-refractivity contribution in [3.63, 3.8) is 0 Å². The zero-order valence-corrected chi connectivity index (χ0v) is 19.2.